The van der Waals surface area contributed by atoms with Gasteiger partial charge in [0.25, 0.3) is 0 Å². The van der Waals surface area contributed by atoms with Gasteiger partial charge in [-0.2, -0.15) is 0 Å². The van der Waals surface area contributed by atoms with Gasteiger partial charge in [0.2, 0.25) is 5.91 Å². The standard InChI is InChI=1S/C24H37ClN4O2.HI/c1-2-26-23(27-13-7-15-29-14-5-3-4-10-22(29)30)28-19-24(11-16-31-17-12-24)20-8-6-9-21(25)18-20;/h6,8-9,18H,2-5,7,10-17,19H2,1H3,(H2,26,27,28);1H. The number of rotatable bonds is 8. The third-order valence-electron chi connectivity index (χ3n) is 6.34. The Labute approximate surface area is 214 Å². The minimum absolute atomic E-state index is 0. The largest absolute Gasteiger partial charge is 0.381 e. The molecule has 1 amide bonds. The van der Waals surface area contributed by atoms with Crippen LogP contribution in [0.25, 0.3) is 0 Å². The number of hydrogen-bond acceptors (Lipinski definition) is 3. The topological polar surface area (TPSA) is 66.0 Å². The van der Waals surface area contributed by atoms with Gasteiger partial charge in [0.05, 0.1) is 6.54 Å². The van der Waals surface area contributed by atoms with E-state index in [2.05, 4.69) is 29.7 Å². The van der Waals surface area contributed by atoms with Crippen molar-refractivity contribution in [1.29, 1.82) is 0 Å². The molecule has 0 saturated carbocycles. The summed E-state index contributed by atoms with van der Waals surface area (Å²) >= 11 is 6.29. The molecule has 0 bridgehead atoms. The minimum Gasteiger partial charge on any atom is -0.381 e. The van der Waals surface area contributed by atoms with Crippen LogP contribution in [-0.4, -0.2) is 62.7 Å². The molecular formula is C24H38ClIN4O2. The van der Waals surface area contributed by atoms with Gasteiger partial charge in [-0.15, -0.1) is 24.0 Å². The molecule has 32 heavy (non-hydrogen) atoms. The number of benzene rings is 1. The zero-order valence-electron chi connectivity index (χ0n) is 19.2. The Balaban J connectivity index is 0.00000363. The highest BCUT2D eigenvalue weighted by Gasteiger charge is 2.34. The zero-order chi connectivity index (χ0) is 21.9. The molecule has 6 nitrogen and oxygen atoms in total. The Bertz CT molecular complexity index is 740. The molecule has 2 fully saturated rings. The molecule has 2 saturated heterocycles. The second kappa shape index (κ2) is 14.3. The van der Waals surface area contributed by atoms with E-state index in [1.54, 1.807) is 0 Å². The van der Waals surface area contributed by atoms with Crippen molar-refractivity contribution in [3.8, 4) is 0 Å². The van der Waals surface area contributed by atoms with Crippen LogP contribution >= 0.6 is 35.6 Å². The molecule has 2 aliphatic heterocycles. The Morgan fingerprint density at radius 3 is 2.78 bits per heavy atom. The molecule has 3 rings (SSSR count). The quantitative estimate of drug-likeness (QED) is 0.209. The monoisotopic (exact) mass is 576 g/mol. The predicted molar refractivity (Wildman–Crippen MR) is 142 cm³/mol. The highest BCUT2D eigenvalue weighted by Crippen LogP contribution is 2.36. The number of amides is 1. The summed E-state index contributed by atoms with van der Waals surface area (Å²) in [6.07, 6.45) is 6.82. The van der Waals surface area contributed by atoms with E-state index in [9.17, 15) is 4.79 Å². The van der Waals surface area contributed by atoms with E-state index in [-0.39, 0.29) is 29.4 Å². The summed E-state index contributed by atoms with van der Waals surface area (Å²) in [6, 6.07) is 8.17. The van der Waals surface area contributed by atoms with E-state index in [1.807, 2.05) is 17.0 Å². The maximum Gasteiger partial charge on any atom is 0.222 e. The second-order valence-electron chi connectivity index (χ2n) is 8.57. The Hall–Kier alpha value is -1.06. The van der Waals surface area contributed by atoms with E-state index in [4.69, 9.17) is 21.3 Å². The first-order valence-electron chi connectivity index (χ1n) is 11.8. The third kappa shape index (κ3) is 8.06. The van der Waals surface area contributed by atoms with Gasteiger partial charge >= 0.3 is 0 Å². The lowest BCUT2D eigenvalue weighted by Crippen LogP contribution is -2.42. The number of halogens is 2. The SMILES string of the molecule is CCNC(=NCC1(c2cccc(Cl)c2)CCOCC1)NCCCN1CCCCCC1=O.I. The van der Waals surface area contributed by atoms with Crippen molar-refractivity contribution in [1.82, 2.24) is 15.5 Å². The van der Waals surface area contributed by atoms with Gasteiger partial charge < -0.3 is 20.3 Å². The fraction of sp³-hybridized carbons (Fsp3) is 0.667. The lowest BCUT2D eigenvalue weighted by atomic mass is 9.74. The van der Waals surface area contributed by atoms with Crippen molar-refractivity contribution in [3.05, 3.63) is 34.9 Å². The summed E-state index contributed by atoms with van der Waals surface area (Å²) in [5, 5.41) is 7.58. The van der Waals surface area contributed by atoms with Crippen molar-refractivity contribution >= 4 is 47.4 Å². The van der Waals surface area contributed by atoms with E-state index >= 15 is 0 Å². The van der Waals surface area contributed by atoms with E-state index in [1.165, 1.54) is 5.56 Å². The van der Waals surface area contributed by atoms with Crippen LogP contribution in [0.4, 0.5) is 0 Å². The normalized spacial score (nSPS) is 19.1. The molecule has 0 atom stereocenters. The van der Waals surface area contributed by atoms with Gasteiger partial charge in [-0.05, 0) is 56.7 Å². The molecule has 2 aliphatic rings. The van der Waals surface area contributed by atoms with Gasteiger partial charge in [0.1, 0.15) is 0 Å². The van der Waals surface area contributed by atoms with Crippen LogP contribution in [0.15, 0.2) is 29.3 Å². The lowest BCUT2D eigenvalue weighted by Gasteiger charge is -2.36. The van der Waals surface area contributed by atoms with Gasteiger partial charge in [0.15, 0.2) is 5.96 Å². The molecule has 1 aromatic carbocycles. The maximum absolute atomic E-state index is 12.2. The minimum atomic E-state index is -0.0516. The summed E-state index contributed by atoms with van der Waals surface area (Å²) in [5.74, 6) is 1.14. The molecule has 0 aromatic heterocycles. The van der Waals surface area contributed by atoms with E-state index in [0.29, 0.717) is 18.9 Å². The smallest absolute Gasteiger partial charge is 0.222 e. The number of nitrogens with zero attached hydrogens (tertiary/aromatic N) is 2. The maximum atomic E-state index is 12.2. The average molecular weight is 577 g/mol. The predicted octanol–water partition coefficient (Wildman–Crippen LogP) is 4.35. The average Bonchev–Trinajstić information content (AvgIpc) is 2.99. The highest BCUT2D eigenvalue weighted by molar-refractivity contribution is 14.0. The summed E-state index contributed by atoms with van der Waals surface area (Å²) in [5.41, 5.74) is 1.19. The Kier molecular flexibility index (Phi) is 12.1. The van der Waals surface area contributed by atoms with Gasteiger partial charge in [0, 0.05) is 56.3 Å². The number of hydrogen-bond donors (Lipinski definition) is 2. The third-order valence-corrected chi connectivity index (χ3v) is 6.57. The van der Waals surface area contributed by atoms with Crippen molar-refractivity contribution in [2.45, 2.75) is 57.3 Å². The molecular weight excluding hydrogens is 539 g/mol. The van der Waals surface area contributed by atoms with E-state index < -0.39 is 0 Å². The Morgan fingerprint density at radius 1 is 1.22 bits per heavy atom. The molecule has 8 heteroatoms. The van der Waals surface area contributed by atoms with Gasteiger partial charge in [-0.3, -0.25) is 9.79 Å². The van der Waals surface area contributed by atoms with Gasteiger partial charge in [-0.25, -0.2) is 0 Å². The molecule has 180 valence electrons. The zero-order valence-corrected chi connectivity index (χ0v) is 22.3. The number of likely N-dealkylation sites (tertiary alicyclic amines) is 1. The van der Waals surface area contributed by atoms with Crippen LogP contribution in [0.5, 0.6) is 0 Å². The number of ether oxygens (including phenoxy) is 1. The first kappa shape index (κ1) is 27.2. The van der Waals surface area contributed by atoms with Crippen LogP contribution < -0.4 is 10.6 Å². The number of guanidine groups is 1. The number of carbonyl (C=O) groups excluding carboxylic acids is 1. The fourth-order valence-corrected chi connectivity index (χ4v) is 4.63. The van der Waals surface area contributed by atoms with Crippen molar-refractivity contribution < 1.29 is 9.53 Å². The van der Waals surface area contributed by atoms with Crippen LogP contribution in [0.1, 0.15) is 57.4 Å². The van der Waals surface area contributed by atoms with Crippen molar-refractivity contribution in [2.75, 3.05) is 45.9 Å². The van der Waals surface area contributed by atoms with Crippen LogP contribution in [0.3, 0.4) is 0 Å². The molecule has 0 radical (unpaired) electrons. The second-order valence-corrected chi connectivity index (χ2v) is 9.01. The highest BCUT2D eigenvalue weighted by atomic mass is 127. The number of nitrogens with one attached hydrogen (secondary N) is 2. The lowest BCUT2D eigenvalue weighted by molar-refractivity contribution is -0.130. The molecule has 2 N–H and O–H groups in total. The van der Waals surface area contributed by atoms with Crippen molar-refractivity contribution in [3.63, 3.8) is 0 Å². The summed E-state index contributed by atoms with van der Waals surface area (Å²) in [4.78, 5) is 19.1. The Morgan fingerprint density at radius 2 is 2.03 bits per heavy atom. The van der Waals surface area contributed by atoms with Crippen LogP contribution in [-0.2, 0) is 14.9 Å². The van der Waals surface area contributed by atoms with Gasteiger partial charge in [-0.1, -0.05) is 30.2 Å². The molecule has 2 heterocycles. The number of aliphatic imine (C=N–C) groups is 1. The molecule has 0 unspecified atom stereocenters. The summed E-state index contributed by atoms with van der Waals surface area (Å²) < 4.78 is 5.64. The first-order chi connectivity index (χ1) is 15.1. The van der Waals surface area contributed by atoms with Crippen molar-refractivity contribution in [2.24, 2.45) is 4.99 Å². The summed E-state index contributed by atoms with van der Waals surface area (Å²) in [7, 11) is 0. The molecule has 1 aromatic rings. The first-order valence-corrected chi connectivity index (χ1v) is 12.1. The fourth-order valence-electron chi connectivity index (χ4n) is 4.44. The number of carbonyl (C=O) groups is 1. The molecule has 0 aliphatic carbocycles. The summed E-state index contributed by atoms with van der Waals surface area (Å²) in [6.45, 7) is 7.58. The van der Waals surface area contributed by atoms with Crippen LogP contribution in [0, 0.1) is 0 Å². The molecule has 0 spiro atoms. The van der Waals surface area contributed by atoms with Crippen LogP contribution in [0.2, 0.25) is 5.02 Å². The van der Waals surface area contributed by atoms with E-state index in [0.717, 1.165) is 88.9 Å².